The molecule has 0 radical (unpaired) electrons. The van der Waals surface area contributed by atoms with Gasteiger partial charge in [-0.3, -0.25) is 4.79 Å². The van der Waals surface area contributed by atoms with E-state index in [1.165, 1.54) is 13.0 Å². The van der Waals surface area contributed by atoms with Gasteiger partial charge in [-0.25, -0.2) is 4.79 Å². The highest BCUT2D eigenvalue weighted by molar-refractivity contribution is 6.35. The molecule has 0 aromatic heterocycles. The number of carbonyl (C=O) groups excluding carboxylic acids is 2. The van der Waals surface area contributed by atoms with Gasteiger partial charge in [0, 0.05) is 11.1 Å². The van der Waals surface area contributed by atoms with Crippen LogP contribution in [0.2, 0.25) is 10.0 Å². The average Bonchev–Trinajstić information content (AvgIpc) is 3.02. The second kappa shape index (κ2) is 8.58. The van der Waals surface area contributed by atoms with Gasteiger partial charge >= 0.3 is 5.97 Å². The van der Waals surface area contributed by atoms with Crippen LogP contribution in [0.1, 0.15) is 39.5 Å². The minimum absolute atomic E-state index is 0.181. The first-order valence-electron chi connectivity index (χ1n) is 7.99. The molecule has 5 nitrogen and oxygen atoms in total. The van der Waals surface area contributed by atoms with Crippen LogP contribution in [-0.4, -0.2) is 30.1 Å². The number of hydrogen-bond acceptors (Lipinski definition) is 4. The summed E-state index contributed by atoms with van der Waals surface area (Å²) in [6.45, 7) is 3.08. The Hall–Kier alpha value is -1.46. The van der Waals surface area contributed by atoms with E-state index >= 15 is 0 Å². The molecule has 0 aliphatic heterocycles. The molecule has 24 heavy (non-hydrogen) atoms. The van der Waals surface area contributed by atoms with Gasteiger partial charge in [-0.05, 0) is 44.9 Å². The quantitative estimate of drug-likeness (QED) is 0.771. The van der Waals surface area contributed by atoms with Crippen molar-refractivity contribution in [3.8, 4) is 5.75 Å². The first kappa shape index (κ1) is 18.9. The number of nitrogens with one attached hydrogen (secondary N) is 1. The Labute approximate surface area is 151 Å². The molecule has 1 fully saturated rings. The summed E-state index contributed by atoms with van der Waals surface area (Å²) in [5, 5.41) is 3.67. The maximum absolute atomic E-state index is 12.1. The minimum Gasteiger partial charge on any atom is -0.477 e. The van der Waals surface area contributed by atoms with Gasteiger partial charge in [-0.2, -0.15) is 0 Å². The molecule has 1 amide bonds. The van der Waals surface area contributed by atoms with Crippen LogP contribution in [0, 0.1) is 0 Å². The van der Waals surface area contributed by atoms with Crippen molar-refractivity contribution in [2.24, 2.45) is 0 Å². The van der Waals surface area contributed by atoms with Gasteiger partial charge in [-0.1, -0.05) is 36.0 Å². The number of halogens is 2. The lowest BCUT2D eigenvalue weighted by molar-refractivity contribution is -0.161. The third-order valence-electron chi connectivity index (χ3n) is 3.89. The Morgan fingerprint density at radius 3 is 2.46 bits per heavy atom. The van der Waals surface area contributed by atoms with E-state index in [-0.39, 0.29) is 11.9 Å². The summed E-state index contributed by atoms with van der Waals surface area (Å²) < 4.78 is 10.7. The molecule has 132 valence electrons. The van der Waals surface area contributed by atoms with E-state index in [0.717, 1.165) is 25.7 Å². The zero-order chi connectivity index (χ0) is 17.7. The Morgan fingerprint density at radius 1 is 1.17 bits per heavy atom. The second-order valence-electron chi connectivity index (χ2n) is 5.90. The van der Waals surface area contributed by atoms with Crippen LogP contribution in [0.4, 0.5) is 0 Å². The summed E-state index contributed by atoms with van der Waals surface area (Å²) in [5.41, 5.74) is 0. The monoisotopic (exact) mass is 373 g/mol. The molecule has 7 heteroatoms. The van der Waals surface area contributed by atoms with Crippen molar-refractivity contribution in [1.29, 1.82) is 0 Å². The molecule has 1 saturated carbocycles. The SMILES string of the molecule is C[C@H](OC(=O)[C@H](C)Oc1ccc(Cl)cc1Cl)C(=O)NC1CCCC1. The van der Waals surface area contributed by atoms with E-state index in [4.69, 9.17) is 32.7 Å². The molecule has 2 atom stereocenters. The zero-order valence-electron chi connectivity index (χ0n) is 13.7. The molecule has 1 aromatic rings. The molecule has 1 aromatic carbocycles. The Bertz CT molecular complexity index is 602. The number of rotatable bonds is 6. The topological polar surface area (TPSA) is 64.6 Å². The number of hydrogen-bond donors (Lipinski definition) is 1. The van der Waals surface area contributed by atoms with Crippen LogP contribution < -0.4 is 10.1 Å². The highest BCUT2D eigenvalue weighted by Gasteiger charge is 2.26. The first-order valence-corrected chi connectivity index (χ1v) is 8.75. The Kier molecular flexibility index (Phi) is 6.75. The van der Waals surface area contributed by atoms with E-state index in [0.29, 0.717) is 15.8 Å². The minimum atomic E-state index is -0.898. The maximum Gasteiger partial charge on any atom is 0.347 e. The summed E-state index contributed by atoms with van der Waals surface area (Å²) in [5.74, 6) is -0.587. The smallest absolute Gasteiger partial charge is 0.347 e. The van der Waals surface area contributed by atoms with Crippen LogP contribution in [0.5, 0.6) is 5.75 Å². The maximum atomic E-state index is 12.1. The number of carbonyl (C=O) groups is 2. The van der Waals surface area contributed by atoms with Crippen LogP contribution >= 0.6 is 23.2 Å². The Balaban J connectivity index is 1.84. The highest BCUT2D eigenvalue weighted by atomic mass is 35.5. The van der Waals surface area contributed by atoms with Gasteiger partial charge in [-0.15, -0.1) is 0 Å². The van der Waals surface area contributed by atoms with Crippen LogP contribution in [-0.2, 0) is 14.3 Å². The number of benzene rings is 1. The zero-order valence-corrected chi connectivity index (χ0v) is 15.2. The van der Waals surface area contributed by atoms with E-state index in [2.05, 4.69) is 5.32 Å². The van der Waals surface area contributed by atoms with Crippen molar-refractivity contribution in [2.45, 2.75) is 57.8 Å². The summed E-state index contributed by atoms with van der Waals surface area (Å²) in [4.78, 5) is 24.1. The third-order valence-corrected chi connectivity index (χ3v) is 4.42. The summed E-state index contributed by atoms with van der Waals surface area (Å²) >= 11 is 11.8. The lowest BCUT2D eigenvalue weighted by atomic mass is 10.2. The summed E-state index contributed by atoms with van der Waals surface area (Å²) in [6.07, 6.45) is 2.41. The number of esters is 1. The largest absolute Gasteiger partial charge is 0.477 e. The van der Waals surface area contributed by atoms with Crippen molar-refractivity contribution < 1.29 is 19.1 Å². The fourth-order valence-corrected chi connectivity index (χ4v) is 2.97. The first-order chi connectivity index (χ1) is 11.4. The van der Waals surface area contributed by atoms with E-state index in [1.54, 1.807) is 19.1 Å². The molecule has 0 spiro atoms. The van der Waals surface area contributed by atoms with Gasteiger partial charge in [0.05, 0.1) is 5.02 Å². The molecular weight excluding hydrogens is 353 g/mol. The number of amides is 1. The van der Waals surface area contributed by atoms with Crippen molar-refractivity contribution in [2.75, 3.05) is 0 Å². The molecule has 1 aliphatic rings. The average molecular weight is 374 g/mol. The standard InChI is InChI=1S/C17H21Cl2NO4/c1-10(16(21)20-13-5-3-4-6-13)24-17(22)11(2)23-15-8-7-12(18)9-14(15)19/h7-11,13H,3-6H2,1-2H3,(H,20,21)/t10-,11-/m0/s1. The predicted molar refractivity (Wildman–Crippen MR) is 92.5 cm³/mol. The van der Waals surface area contributed by atoms with E-state index in [9.17, 15) is 9.59 Å². The third kappa shape index (κ3) is 5.28. The van der Waals surface area contributed by atoms with Crippen molar-refractivity contribution in [1.82, 2.24) is 5.32 Å². The second-order valence-corrected chi connectivity index (χ2v) is 6.75. The molecule has 2 rings (SSSR count). The lowest BCUT2D eigenvalue weighted by Crippen LogP contribution is -2.42. The molecule has 0 unspecified atom stereocenters. The predicted octanol–water partition coefficient (Wildman–Crippen LogP) is 3.75. The van der Waals surface area contributed by atoms with Gasteiger partial charge in [0.2, 0.25) is 0 Å². The summed E-state index contributed by atoms with van der Waals surface area (Å²) in [7, 11) is 0. The van der Waals surface area contributed by atoms with Gasteiger partial charge in [0.1, 0.15) is 5.75 Å². The van der Waals surface area contributed by atoms with Crippen molar-refractivity contribution in [3.05, 3.63) is 28.2 Å². The van der Waals surface area contributed by atoms with Crippen LogP contribution in [0.15, 0.2) is 18.2 Å². The molecule has 0 bridgehead atoms. The fraction of sp³-hybridized carbons (Fsp3) is 0.529. The van der Waals surface area contributed by atoms with Crippen LogP contribution in [0.25, 0.3) is 0 Å². The Morgan fingerprint density at radius 2 is 1.83 bits per heavy atom. The van der Waals surface area contributed by atoms with Gasteiger partial charge in [0.15, 0.2) is 12.2 Å². The fourth-order valence-electron chi connectivity index (χ4n) is 2.52. The highest BCUT2D eigenvalue weighted by Crippen LogP contribution is 2.28. The normalized spacial score (nSPS) is 17.2. The lowest BCUT2D eigenvalue weighted by Gasteiger charge is -2.20. The van der Waals surface area contributed by atoms with Gasteiger partial charge < -0.3 is 14.8 Å². The molecule has 0 saturated heterocycles. The van der Waals surface area contributed by atoms with Crippen molar-refractivity contribution in [3.63, 3.8) is 0 Å². The molecular formula is C17H21Cl2NO4. The molecule has 1 aliphatic carbocycles. The van der Waals surface area contributed by atoms with Crippen molar-refractivity contribution >= 4 is 35.1 Å². The van der Waals surface area contributed by atoms with Crippen LogP contribution in [0.3, 0.4) is 0 Å². The van der Waals surface area contributed by atoms with E-state index < -0.39 is 18.2 Å². The summed E-state index contributed by atoms with van der Waals surface area (Å²) in [6, 6.07) is 4.89. The number of ether oxygens (including phenoxy) is 2. The van der Waals surface area contributed by atoms with Gasteiger partial charge in [0.25, 0.3) is 5.91 Å². The molecule has 0 heterocycles. The van der Waals surface area contributed by atoms with E-state index in [1.807, 2.05) is 0 Å². The molecule has 1 N–H and O–H groups in total.